The van der Waals surface area contributed by atoms with Crippen LogP contribution in [0, 0.1) is 0 Å². The van der Waals surface area contributed by atoms with Gasteiger partial charge in [-0.05, 0) is 0 Å². The summed E-state index contributed by atoms with van der Waals surface area (Å²) in [4.78, 5) is 42.7. The summed E-state index contributed by atoms with van der Waals surface area (Å²) in [5.74, 6) is -0.230. The Morgan fingerprint density at radius 2 is 2.06 bits per heavy atom. The van der Waals surface area contributed by atoms with Gasteiger partial charge in [0.1, 0.15) is 5.69 Å². The summed E-state index contributed by atoms with van der Waals surface area (Å²) < 4.78 is 0. The lowest BCUT2D eigenvalue weighted by Gasteiger charge is -2.32. The van der Waals surface area contributed by atoms with Crippen LogP contribution in [-0.2, 0) is 4.79 Å². The van der Waals surface area contributed by atoms with E-state index < -0.39 is 0 Å². The van der Waals surface area contributed by atoms with E-state index in [1.54, 1.807) is 9.80 Å². The third-order valence-corrected chi connectivity index (χ3v) is 2.64. The van der Waals surface area contributed by atoms with Crippen molar-refractivity contribution in [3.63, 3.8) is 0 Å². The average Bonchev–Trinajstić information content (AvgIpc) is 2.39. The molecule has 0 saturated carbocycles. The van der Waals surface area contributed by atoms with E-state index in [4.69, 9.17) is 0 Å². The van der Waals surface area contributed by atoms with Crippen molar-refractivity contribution < 1.29 is 9.59 Å². The Balaban J connectivity index is 2.04. The van der Waals surface area contributed by atoms with E-state index in [1.807, 2.05) is 0 Å². The van der Waals surface area contributed by atoms with Crippen molar-refractivity contribution in [3.05, 3.63) is 28.4 Å². The van der Waals surface area contributed by atoms with Gasteiger partial charge in [0.2, 0.25) is 6.41 Å². The van der Waals surface area contributed by atoms with E-state index in [1.165, 1.54) is 6.20 Å². The standard InChI is InChI=1S/C10H12N4O3/c15-7-13-1-3-14(4-2-13)10(17)8-5-12-9(16)6-11-8/h5-7H,1-4H2,(H,12,16). The molecule has 1 N–H and O–H groups in total. The first kappa shape index (κ1) is 11.3. The molecule has 0 radical (unpaired) electrons. The lowest BCUT2D eigenvalue weighted by atomic mass is 10.3. The first-order chi connectivity index (χ1) is 8.20. The van der Waals surface area contributed by atoms with E-state index in [-0.39, 0.29) is 17.2 Å². The molecule has 1 aromatic rings. The minimum atomic E-state index is -0.340. The number of nitrogens with zero attached hydrogens (tertiary/aromatic N) is 3. The van der Waals surface area contributed by atoms with Gasteiger partial charge in [-0.25, -0.2) is 4.98 Å². The largest absolute Gasteiger partial charge is 0.342 e. The fourth-order valence-corrected chi connectivity index (χ4v) is 1.65. The monoisotopic (exact) mass is 236 g/mol. The van der Waals surface area contributed by atoms with Gasteiger partial charge in [-0.2, -0.15) is 0 Å². The predicted octanol–water partition coefficient (Wildman–Crippen LogP) is -1.32. The number of piperazine rings is 1. The number of carbonyl (C=O) groups excluding carboxylic acids is 2. The van der Waals surface area contributed by atoms with Gasteiger partial charge < -0.3 is 14.8 Å². The van der Waals surface area contributed by atoms with Crippen LogP contribution in [0.25, 0.3) is 0 Å². The van der Waals surface area contributed by atoms with Gasteiger partial charge in [-0.15, -0.1) is 0 Å². The maximum absolute atomic E-state index is 11.9. The van der Waals surface area contributed by atoms with Gasteiger partial charge in [0.25, 0.3) is 11.5 Å². The molecule has 90 valence electrons. The average molecular weight is 236 g/mol. The van der Waals surface area contributed by atoms with E-state index in [9.17, 15) is 14.4 Å². The summed E-state index contributed by atoms with van der Waals surface area (Å²) >= 11 is 0. The molecule has 0 bridgehead atoms. The Kier molecular flexibility index (Phi) is 3.17. The molecule has 2 heterocycles. The Morgan fingerprint density at radius 1 is 1.35 bits per heavy atom. The zero-order valence-corrected chi connectivity index (χ0v) is 9.13. The molecular formula is C10H12N4O3. The highest BCUT2D eigenvalue weighted by Crippen LogP contribution is 2.04. The summed E-state index contributed by atoms with van der Waals surface area (Å²) in [6, 6.07) is 0. The SMILES string of the molecule is O=CN1CCN(C(=O)c2c[nH]c(=O)cn2)CC1. The Bertz CT molecular complexity index is 456. The number of rotatable bonds is 2. The fourth-order valence-electron chi connectivity index (χ4n) is 1.65. The summed E-state index contributed by atoms with van der Waals surface area (Å²) in [6.07, 6.45) is 3.16. The molecule has 1 aliphatic rings. The first-order valence-electron chi connectivity index (χ1n) is 5.24. The molecule has 1 saturated heterocycles. The minimum Gasteiger partial charge on any atom is -0.342 e. The molecule has 0 atom stereocenters. The maximum atomic E-state index is 11.9. The van der Waals surface area contributed by atoms with Crippen molar-refractivity contribution in [1.82, 2.24) is 19.8 Å². The number of aromatic amines is 1. The second-order valence-electron chi connectivity index (χ2n) is 3.73. The zero-order valence-electron chi connectivity index (χ0n) is 9.13. The van der Waals surface area contributed by atoms with Crippen molar-refractivity contribution in [2.24, 2.45) is 0 Å². The van der Waals surface area contributed by atoms with E-state index >= 15 is 0 Å². The van der Waals surface area contributed by atoms with Crippen molar-refractivity contribution in [2.45, 2.75) is 0 Å². The molecule has 7 heteroatoms. The van der Waals surface area contributed by atoms with Crippen LogP contribution in [-0.4, -0.2) is 58.3 Å². The van der Waals surface area contributed by atoms with Crippen LogP contribution in [0.15, 0.2) is 17.2 Å². The smallest absolute Gasteiger partial charge is 0.274 e. The van der Waals surface area contributed by atoms with Gasteiger partial charge in [-0.1, -0.05) is 0 Å². The third kappa shape index (κ3) is 2.49. The van der Waals surface area contributed by atoms with Crippen molar-refractivity contribution in [3.8, 4) is 0 Å². The Morgan fingerprint density at radius 3 is 2.59 bits per heavy atom. The van der Waals surface area contributed by atoms with E-state index in [0.29, 0.717) is 26.2 Å². The second-order valence-corrected chi connectivity index (χ2v) is 3.73. The van der Waals surface area contributed by atoms with Crippen molar-refractivity contribution in [2.75, 3.05) is 26.2 Å². The quantitative estimate of drug-likeness (QED) is 0.645. The molecule has 1 aromatic heterocycles. The second kappa shape index (κ2) is 4.77. The molecule has 1 fully saturated rings. The van der Waals surface area contributed by atoms with Crippen LogP contribution in [0.5, 0.6) is 0 Å². The van der Waals surface area contributed by atoms with Crippen LogP contribution in [0.3, 0.4) is 0 Å². The highest BCUT2D eigenvalue weighted by atomic mass is 16.2. The number of nitrogens with one attached hydrogen (secondary N) is 1. The summed E-state index contributed by atoms with van der Waals surface area (Å²) in [7, 11) is 0. The molecule has 2 amide bonds. The zero-order chi connectivity index (χ0) is 12.3. The highest BCUT2D eigenvalue weighted by Gasteiger charge is 2.22. The number of carbonyl (C=O) groups is 2. The van der Waals surface area contributed by atoms with Gasteiger partial charge >= 0.3 is 0 Å². The molecule has 0 unspecified atom stereocenters. The molecular weight excluding hydrogens is 224 g/mol. The summed E-state index contributed by atoms with van der Waals surface area (Å²) in [5, 5.41) is 0. The van der Waals surface area contributed by atoms with Gasteiger partial charge in [0.05, 0.1) is 6.20 Å². The normalized spacial score (nSPS) is 15.8. The molecule has 7 nitrogen and oxygen atoms in total. The van der Waals surface area contributed by atoms with Crippen LogP contribution >= 0.6 is 0 Å². The van der Waals surface area contributed by atoms with Gasteiger partial charge in [-0.3, -0.25) is 14.4 Å². The van der Waals surface area contributed by atoms with Crippen molar-refractivity contribution in [1.29, 1.82) is 0 Å². The van der Waals surface area contributed by atoms with Gasteiger partial charge in [0, 0.05) is 32.4 Å². The Hall–Kier alpha value is -2.18. The highest BCUT2D eigenvalue weighted by molar-refractivity contribution is 5.92. The summed E-state index contributed by atoms with van der Waals surface area (Å²) in [5.41, 5.74) is -0.128. The fraction of sp³-hybridized carbons (Fsp3) is 0.400. The first-order valence-corrected chi connectivity index (χ1v) is 5.24. The number of hydrogen-bond donors (Lipinski definition) is 1. The van der Waals surface area contributed by atoms with Crippen LogP contribution < -0.4 is 5.56 Å². The molecule has 17 heavy (non-hydrogen) atoms. The Labute approximate surface area is 97.1 Å². The maximum Gasteiger partial charge on any atom is 0.274 e. The van der Waals surface area contributed by atoms with Crippen LogP contribution in [0.1, 0.15) is 10.5 Å². The molecule has 0 aromatic carbocycles. The molecule has 2 rings (SSSR count). The molecule has 1 aliphatic heterocycles. The third-order valence-electron chi connectivity index (χ3n) is 2.64. The molecule has 0 spiro atoms. The number of H-pyrrole nitrogens is 1. The number of amides is 2. The van der Waals surface area contributed by atoms with E-state index in [2.05, 4.69) is 9.97 Å². The lowest BCUT2D eigenvalue weighted by molar-refractivity contribution is -0.119. The van der Waals surface area contributed by atoms with Gasteiger partial charge in [0.15, 0.2) is 0 Å². The molecule has 0 aliphatic carbocycles. The topological polar surface area (TPSA) is 86.4 Å². The predicted molar refractivity (Wildman–Crippen MR) is 58.4 cm³/mol. The van der Waals surface area contributed by atoms with E-state index in [0.717, 1.165) is 12.6 Å². The van der Waals surface area contributed by atoms with Crippen molar-refractivity contribution >= 4 is 12.3 Å². The van der Waals surface area contributed by atoms with Crippen LogP contribution in [0.4, 0.5) is 0 Å². The number of aromatic nitrogens is 2. The summed E-state index contributed by atoms with van der Waals surface area (Å²) in [6.45, 7) is 2.02. The van der Waals surface area contributed by atoms with Crippen LogP contribution in [0.2, 0.25) is 0 Å². The lowest BCUT2D eigenvalue weighted by Crippen LogP contribution is -2.48. The minimum absolute atomic E-state index is 0.212. The number of hydrogen-bond acceptors (Lipinski definition) is 4.